The molecule has 0 aromatic heterocycles. The zero-order chi connectivity index (χ0) is 20.2. The van der Waals surface area contributed by atoms with Crippen LogP contribution in [0.1, 0.15) is 27.7 Å². The number of aliphatic carboxylic acids is 1. The van der Waals surface area contributed by atoms with Crippen LogP contribution < -0.4 is 21.3 Å². The zero-order valence-electron chi connectivity index (χ0n) is 16.2. The SMILES string of the molecule is CCOC(=O)NC(=NC[C@@H]1[C@H]2CN[C@H](C(=O)NCC(=O)O)[C@@H]12)NC(C)(C)C. The molecule has 10 nitrogen and oxygen atoms in total. The Bertz CT molecular complexity index is 615. The van der Waals surface area contributed by atoms with E-state index in [-0.39, 0.29) is 36.4 Å². The molecule has 2 rings (SSSR count). The van der Waals surface area contributed by atoms with E-state index in [0.29, 0.717) is 25.0 Å². The summed E-state index contributed by atoms with van der Waals surface area (Å²) in [4.78, 5) is 38.9. The van der Waals surface area contributed by atoms with E-state index >= 15 is 0 Å². The second-order valence-corrected chi connectivity index (χ2v) is 7.81. The fourth-order valence-electron chi connectivity index (χ4n) is 3.38. The zero-order valence-corrected chi connectivity index (χ0v) is 16.2. The number of hydrogen-bond acceptors (Lipinski definition) is 6. The Hall–Kier alpha value is -2.36. The number of fused-ring (bicyclic) bond motifs is 1. The number of nitrogens with one attached hydrogen (secondary N) is 4. The standard InChI is InChI=1S/C17H29N5O5/c1-5-27-16(26)21-15(22-17(2,3)4)20-7-10-9-6-18-13(12(9)10)14(25)19-8-11(23)24/h9-10,12-13,18H,5-8H2,1-4H3,(H,19,25)(H,23,24)(H2,20,21,22,26)/t9-,10-,12-,13+/m1/s1. The maximum Gasteiger partial charge on any atom is 0.413 e. The number of amides is 2. The molecule has 0 radical (unpaired) electrons. The number of alkyl carbamates (subject to hydrolysis) is 1. The molecule has 0 aromatic carbocycles. The summed E-state index contributed by atoms with van der Waals surface area (Å²) >= 11 is 0. The molecule has 0 spiro atoms. The Labute approximate surface area is 158 Å². The van der Waals surface area contributed by atoms with Crippen LogP contribution in [0.15, 0.2) is 4.99 Å². The van der Waals surface area contributed by atoms with Crippen LogP contribution in [0.3, 0.4) is 0 Å². The van der Waals surface area contributed by atoms with Crippen molar-refractivity contribution in [2.75, 3.05) is 26.2 Å². The fourth-order valence-corrected chi connectivity index (χ4v) is 3.38. The van der Waals surface area contributed by atoms with Gasteiger partial charge >= 0.3 is 12.1 Å². The van der Waals surface area contributed by atoms with Gasteiger partial charge in [-0.25, -0.2) is 4.79 Å². The van der Waals surface area contributed by atoms with Crippen molar-refractivity contribution in [2.45, 2.75) is 39.3 Å². The predicted octanol–water partition coefficient (Wildman–Crippen LogP) is -0.489. The Morgan fingerprint density at radius 2 is 2.00 bits per heavy atom. The van der Waals surface area contributed by atoms with Gasteiger partial charge in [-0.15, -0.1) is 0 Å². The van der Waals surface area contributed by atoms with Crippen LogP contribution in [0.25, 0.3) is 0 Å². The van der Waals surface area contributed by atoms with Gasteiger partial charge in [0.1, 0.15) is 6.54 Å². The minimum Gasteiger partial charge on any atom is -0.480 e. The predicted molar refractivity (Wildman–Crippen MR) is 98.3 cm³/mol. The summed E-state index contributed by atoms with van der Waals surface area (Å²) in [6.45, 7) is 8.62. The normalized spacial score (nSPS) is 26.7. The van der Waals surface area contributed by atoms with Crippen molar-refractivity contribution in [3.63, 3.8) is 0 Å². The fraction of sp³-hybridized carbons (Fsp3) is 0.765. The van der Waals surface area contributed by atoms with Crippen molar-refractivity contribution in [1.82, 2.24) is 21.3 Å². The lowest BCUT2D eigenvalue weighted by Crippen LogP contribution is -2.49. The van der Waals surface area contributed by atoms with Crippen LogP contribution >= 0.6 is 0 Å². The summed E-state index contributed by atoms with van der Waals surface area (Å²) < 4.78 is 4.90. The highest BCUT2D eigenvalue weighted by Crippen LogP contribution is 2.52. The lowest BCUT2D eigenvalue weighted by atomic mass is 10.1. The van der Waals surface area contributed by atoms with Crippen molar-refractivity contribution in [1.29, 1.82) is 0 Å². The summed E-state index contributed by atoms with van der Waals surface area (Å²) in [6, 6.07) is -0.397. The number of piperidine rings is 1. The molecule has 0 aromatic rings. The molecule has 0 bridgehead atoms. The number of guanidine groups is 1. The first kappa shape index (κ1) is 20.9. The van der Waals surface area contributed by atoms with Crippen molar-refractivity contribution in [3.05, 3.63) is 0 Å². The third kappa shape index (κ3) is 6.09. The van der Waals surface area contributed by atoms with E-state index < -0.39 is 18.1 Å². The lowest BCUT2D eigenvalue weighted by Gasteiger charge is -2.23. The summed E-state index contributed by atoms with van der Waals surface area (Å²) in [6.07, 6.45) is -0.573. The number of ether oxygens (including phenoxy) is 1. The topological polar surface area (TPSA) is 141 Å². The molecule has 2 amide bonds. The first-order valence-corrected chi connectivity index (χ1v) is 9.11. The first-order valence-electron chi connectivity index (χ1n) is 9.11. The molecule has 27 heavy (non-hydrogen) atoms. The number of carboxylic acid groups (broad SMARTS) is 1. The van der Waals surface area contributed by atoms with Crippen LogP contribution in [-0.2, 0) is 14.3 Å². The van der Waals surface area contributed by atoms with Gasteiger partial charge in [0.25, 0.3) is 0 Å². The second-order valence-electron chi connectivity index (χ2n) is 7.81. The van der Waals surface area contributed by atoms with E-state index in [4.69, 9.17) is 9.84 Å². The molecule has 1 aliphatic heterocycles. The quantitative estimate of drug-likeness (QED) is 0.308. The van der Waals surface area contributed by atoms with Crippen LogP contribution in [0.2, 0.25) is 0 Å². The number of nitrogens with zero attached hydrogens (tertiary/aromatic N) is 1. The molecule has 5 N–H and O–H groups in total. The van der Waals surface area contributed by atoms with Gasteiger partial charge < -0.3 is 25.8 Å². The molecule has 4 atom stereocenters. The van der Waals surface area contributed by atoms with Gasteiger partial charge in [0, 0.05) is 12.1 Å². The highest BCUT2D eigenvalue weighted by atomic mass is 16.5. The van der Waals surface area contributed by atoms with Crippen molar-refractivity contribution in [3.8, 4) is 0 Å². The average Bonchev–Trinajstić information content (AvgIpc) is 3.03. The average molecular weight is 383 g/mol. The smallest absolute Gasteiger partial charge is 0.413 e. The second kappa shape index (κ2) is 8.55. The maximum atomic E-state index is 12.1. The number of rotatable bonds is 6. The molecule has 0 unspecified atom stereocenters. The molecule has 1 aliphatic carbocycles. The molecule has 1 heterocycles. The first-order chi connectivity index (χ1) is 12.6. The van der Waals surface area contributed by atoms with Gasteiger partial charge in [-0.3, -0.25) is 19.9 Å². The van der Waals surface area contributed by atoms with Gasteiger partial charge in [0.15, 0.2) is 0 Å². The van der Waals surface area contributed by atoms with E-state index in [9.17, 15) is 14.4 Å². The Balaban J connectivity index is 1.93. The van der Waals surface area contributed by atoms with Gasteiger partial charge in [-0.1, -0.05) is 0 Å². The Kier molecular flexibility index (Phi) is 6.63. The van der Waals surface area contributed by atoms with E-state index in [1.54, 1.807) is 6.92 Å². The molecule has 2 fully saturated rings. The van der Waals surface area contributed by atoms with Crippen LogP contribution in [0.5, 0.6) is 0 Å². The van der Waals surface area contributed by atoms with Crippen molar-refractivity contribution < 1.29 is 24.2 Å². The summed E-state index contributed by atoms with van der Waals surface area (Å²) in [7, 11) is 0. The van der Waals surface area contributed by atoms with Gasteiger partial charge in [0.2, 0.25) is 11.9 Å². The summed E-state index contributed by atoms with van der Waals surface area (Å²) in [5.74, 6) is -0.362. The third-order valence-corrected chi connectivity index (χ3v) is 4.50. The van der Waals surface area contributed by atoms with E-state index in [0.717, 1.165) is 0 Å². The Morgan fingerprint density at radius 3 is 2.59 bits per heavy atom. The van der Waals surface area contributed by atoms with Gasteiger partial charge in [-0.05, 0) is 52.0 Å². The Morgan fingerprint density at radius 1 is 1.30 bits per heavy atom. The molecular weight excluding hydrogens is 354 g/mol. The maximum absolute atomic E-state index is 12.1. The minimum absolute atomic E-state index is 0.126. The number of carbonyl (C=O) groups is 3. The van der Waals surface area contributed by atoms with Gasteiger partial charge in [-0.2, -0.15) is 0 Å². The minimum atomic E-state index is -1.07. The molecule has 152 valence electrons. The van der Waals surface area contributed by atoms with Crippen LogP contribution in [-0.4, -0.2) is 66.9 Å². The molecule has 1 saturated heterocycles. The molecule has 10 heteroatoms. The lowest BCUT2D eigenvalue weighted by molar-refractivity contribution is -0.138. The number of hydrogen-bond donors (Lipinski definition) is 5. The monoisotopic (exact) mass is 383 g/mol. The van der Waals surface area contributed by atoms with Crippen LogP contribution in [0, 0.1) is 17.8 Å². The largest absolute Gasteiger partial charge is 0.480 e. The van der Waals surface area contributed by atoms with E-state index in [2.05, 4.69) is 26.3 Å². The molecule has 2 aliphatic rings. The summed E-state index contributed by atoms with van der Waals surface area (Å²) in [5.41, 5.74) is -0.293. The van der Waals surface area contributed by atoms with Crippen LogP contribution in [0.4, 0.5) is 4.79 Å². The van der Waals surface area contributed by atoms with E-state index in [1.807, 2.05) is 20.8 Å². The number of carbonyl (C=O) groups excluding carboxylic acids is 2. The van der Waals surface area contributed by atoms with Crippen molar-refractivity contribution >= 4 is 23.9 Å². The highest BCUT2D eigenvalue weighted by Gasteiger charge is 2.59. The van der Waals surface area contributed by atoms with Crippen molar-refractivity contribution in [2.24, 2.45) is 22.7 Å². The number of aliphatic imine (C=N–C) groups is 1. The number of carboxylic acids is 1. The summed E-state index contributed by atoms with van der Waals surface area (Å²) in [5, 5.41) is 20.0. The van der Waals surface area contributed by atoms with E-state index in [1.165, 1.54) is 0 Å². The highest BCUT2D eigenvalue weighted by molar-refractivity contribution is 5.94. The van der Waals surface area contributed by atoms with Gasteiger partial charge in [0.05, 0.1) is 12.6 Å². The molecule has 1 saturated carbocycles. The third-order valence-electron chi connectivity index (χ3n) is 4.50. The molecular formula is C17H29N5O5.